The van der Waals surface area contributed by atoms with Crippen molar-refractivity contribution in [3.05, 3.63) is 18.0 Å². The number of unbranched alkanes of at least 4 members (excludes halogenated alkanes) is 2. The lowest BCUT2D eigenvalue weighted by Crippen LogP contribution is -2.11. The van der Waals surface area contributed by atoms with Gasteiger partial charge in [0.15, 0.2) is 0 Å². The van der Waals surface area contributed by atoms with Gasteiger partial charge < -0.3 is 16.2 Å². The number of aromatic nitrogens is 1. The highest BCUT2D eigenvalue weighted by Crippen LogP contribution is 2.30. The van der Waals surface area contributed by atoms with Crippen molar-refractivity contribution in [1.82, 2.24) is 4.98 Å². The minimum Gasteiger partial charge on any atom is -0.396 e. The molecule has 0 saturated heterocycles. The maximum Gasteiger partial charge on any atom is 0.433 e. The van der Waals surface area contributed by atoms with Crippen molar-refractivity contribution in [2.45, 2.75) is 25.4 Å². The number of nitrogens with one attached hydrogen (secondary N) is 1. The number of nitrogens with zero attached hydrogens (tertiary/aromatic N) is 1. The minimum absolute atomic E-state index is 0.121. The summed E-state index contributed by atoms with van der Waals surface area (Å²) in [5.41, 5.74) is 5.00. The summed E-state index contributed by atoms with van der Waals surface area (Å²) in [5.74, 6) is 0. The van der Waals surface area contributed by atoms with Gasteiger partial charge in [-0.25, -0.2) is 4.98 Å². The number of nitrogen functional groups attached to an aromatic ring is 1. The van der Waals surface area contributed by atoms with E-state index in [1.54, 1.807) is 0 Å². The number of aliphatic hydroxyl groups excluding tert-OH is 1. The third-order valence-corrected chi connectivity index (χ3v) is 2.38. The largest absolute Gasteiger partial charge is 0.433 e. The van der Waals surface area contributed by atoms with E-state index in [9.17, 15) is 13.2 Å². The summed E-state index contributed by atoms with van der Waals surface area (Å²) in [6.45, 7) is 0.626. The number of anilines is 2. The van der Waals surface area contributed by atoms with E-state index in [1.165, 1.54) is 0 Å². The fraction of sp³-hybridized carbons (Fsp3) is 0.545. The second kappa shape index (κ2) is 6.44. The molecule has 0 aliphatic carbocycles. The molecule has 1 aromatic heterocycles. The summed E-state index contributed by atoms with van der Waals surface area (Å²) in [5, 5.41) is 11.4. The molecule has 1 rings (SSSR count). The Balaban J connectivity index is 2.59. The molecule has 0 aliphatic rings. The number of alkyl halides is 3. The molecule has 0 radical (unpaired) electrons. The molecule has 0 fully saturated rings. The molecule has 0 atom stereocenters. The standard InChI is InChI=1S/C11H16F3N3O/c12-11(13,14)10-6-9(8(15)7-17-10)16-4-2-1-3-5-18/h6-7,18H,1-5,15H2,(H,16,17). The summed E-state index contributed by atoms with van der Waals surface area (Å²) in [4.78, 5) is 3.24. The molecule has 4 nitrogen and oxygen atoms in total. The lowest BCUT2D eigenvalue weighted by molar-refractivity contribution is -0.141. The van der Waals surface area contributed by atoms with E-state index in [1.807, 2.05) is 0 Å². The topological polar surface area (TPSA) is 71.2 Å². The van der Waals surface area contributed by atoms with Crippen LogP contribution in [0, 0.1) is 0 Å². The van der Waals surface area contributed by atoms with Gasteiger partial charge in [-0.2, -0.15) is 13.2 Å². The Morgan fingerprint density at radius 1 is 1.28 bits per heavy atom. The molecular weight excluding hydrogens is 247 g/mol. The zero-order valence-corrected chi connectivity index (χ0v) is 9.80. The molecule has 0 bridgehead atoms. The number of nitrogens with two attached hydrogens (primary N) is 1. The van der Waals surface area contributed by atoms with Crippen LogP contribution in [0.3, 0.4) is 0 Å². The molecule has 1 heterocycles. The average Bonchev–Trinajstić information content (AvgIpc) is 2.29. The van der Waals surface area contributed by atoms with E-state index >= 15 is 0 Å². The number of halogens is 3. The van der Waals surface area contributed by atoms with Crippen LogP contribution in [0.1, 0.15) is 25.0 Å². The summed E-state index contributed by atoms with van der Waals surface area (Å²) in [7, 11) is 0. The van der Waals surface area contributed by atoms with Gasteiger partial charge in [0, 0.05) is 13.2 Å². The lowest BCUT2D eigenvalue weighted by atomic mass is 10.2. The van der Waals surface area contributed by atoms with Gasteiger partial charge in [0.25, 0.3) is 0 Å². The number of aliphatic hydroxyl groups is 1. The van der Waals surface area contributed by atoms with E-state index in [0.29, 0.717) is 13.0 Å². The molecule has 0 spiro atoms. The van der Waals surface area contributed by atoms with E-state index < -0.39 is 11.9 Å². The van der Waals surface area contributed by atoms with Crippen LogP contribution in [0.5, 0.6) is 0 Å². The Labute approximate surface area is 103 Å². The van der Waals surface area contributed by atoms with Gasteiger partial charge in [0.2, 0.25) is 0 Å². The third kappa shape index (κ3) is 4.40. The van der Waals surface area contributed by atoms with E-state index in [0.717, 1.165) is 25.1 Å². The van der Waals surface area contributed by atoms with Crippen molar-refractivity contribution in [3.8, 4) is 0 Å². The lowest BCUT2D eigenvalue weighted by Gasteiger charge is -2.12. The zero-order valence-electron chi connectivity index (χ0n) is 9.80. The molecule has 0 saturated carbocycles. The Bertz CT molecular complexity index is 382. The van der Waals surface area contributed by atoms with Crippen molar-refractivity contribution in [2.24, 2.45) is 0 Å². The maximum atomic E-state index is 12.4. The van der Waals surface area contributed by atoms with Crippen LogP contribution in [0.25, 0.3) is 0 Å². The first kappa shape index (κ1) is 14.6. The fourth-order valence-electron chi connectivity index (χ4n) is 1.41. The van der Waals surface area contributed by atoms with E-state index in [2.05, 4.69) is 10.3 Å². The second-order valence-corrected chi connectivity index (χ2v) is 3.87. The number of hydrogen-bond acceptors (Lipinski definition) is 4. The van der Waals surface area contributed by atoms with Gasteiger partial charge in [0.05, 0.1) is 17.6 Å². The van der Waals surface area contributed by atoms with Gasteiger partial charge in [-0.15, -0.1) is 0 Å². The monoisotopic (exact) mass is 263 g/mol. The normalized spacial score (nSPS) is 11.6. The van der Waals surface area contributed by atoms with Crippen LogP contribution < -0.4 is 11.1 Å². The van der Waals surface area contributed by atoms with Crippen LogP contribution >= 0.6 is 0 Å². The van der Waals surface area contributed by atoms with Crippen LogP contribution in [0.4, 0.5) is 24.5 Å². The summed E-state index contributed by atoms with van der Waals surface area (Å²) < 4.78 is 37.3. The van der Waals surface area contributed by atoms with Gasteiger partial charge in [0.1, 0.15) is 5.69 Å². The molecular formula is C11H16F3N3O. The van der Waals surface area contributed by atoms with Crippen LogP contribution in [0.15, 0.2) is 12.3 Å². The zero-order chi connectivity index (χ0) is 13.6. The van der Waals surface area contributed by atoms with Crippen molar-refractivity contribution >= 4 is 11.4 Å². The second-order valence-electron chi connectivity index (χ2n) is 3.87. The maximum absolute atomic E-state index is 12.4. The SMILES string of the molecule is Nc1cnc(C(F)(F)F)cc1NCCCCCO. The van der Waals surface area contributed by atoms with Crippen molar-refractivity contribution in [1.29, 1.82) is 0 Å². The van der Waals surface area contributed by atoms with Crippen LogP contribution in [-0.4, -0.2) is 23.2 Å². The number of pyridine rings is 1. The first-order chi connectivity index (χ1) is 8.45. The van der Waals surface area contributed by atoms with Crippen molar-refractivity contribution < 1.29 is 18.3 Å². The quantitative estimate of drug-likeness (QED) is 0.688. The summed E-state index contributed by atoms with van der Waals surface area (Å²) in [6, 6.07) is 0.904. The van der Waals surface area contributed by atoms with Gasteiger partial charge in [-0.3, -0.25) is 0 Å². The van der Waals surface area contributed by atoms with Gasteiger partial charge in [-0.1, -0.05) is 0 Å². The Kier molecular flexibility index (Phi) is 5.21. The molecule has 0 amide bonds. The fourth-order valence-corrected chi connectivity index (χ4v) is 1.41. The van der Waals surface area contributed by atoms with Crippen molar-refractivity contribution in [3.63, 3.8) is 0 Å². The van der Waals surface area contributed by atoms with E-state index in [4.69, 9.17) is 10.8 Å². The van der Waals surface area contributed by atoms with Crippen molar-refractivity contribution in [2.75, 3.05) is 24.2 Å². The highest BCUT2D eigenvalue weighted by Gasteiger charge is 2.32. The summed E-state index contributed by atoms with van der Waals surface area (Å²) >= 11 is 0. The molecule has 1 aromatic rings. The third-order valence-electron chi connectivity index (χ3n) is 2.38. The molecule has 4 N–H and O–H groups in total. The highest BCUT2D eigenvalue weighted by atomic mass is 19.4. The minimum atomic E-state index is -4.47. The number of hydrogen-bond donors (Lipinski definition) is 3. The molecule has 0 aliphatic heterocycles. The van der Waals surface area contributed by atoms with E-state index in [-0.39, 0.29) is 18.0 Å². The molecule has 0 unspecified atom stereocenters. The molecule has 0 aromatic carbocycles. The van der Waals surface area contributed by atoms with Gasteiger partial charge in [-0.05, 0) is 25.3 Å². The van der Waals surface area contributed by atoms with Crippen LogP contribution in [-0.2, 0) is 6.18 Å². The Morgan fingerprint density at radius 2 is 2.00 bits per heavy atom. The first-order valence-corrected chi connectivity index (χ1v) is 5.62. The van der Waals surface area contributed by atoms with Gasteiger partial charge >= 0.3 is 6.18 Å². The Morgan fingerprint density at radius 3 is 2.61 bits per heavy atom. The average molecular weight is 263 g/mol. The highest BCUT2D eigenvalue weighted by molar-refractivity contribution is 5.65. The number of rotatable bonds is 6. The summed E-state index contributed by atoms with van der Waals surface area (Å²) in [6.07, 6.45) is -1.23. The molecule has 18 heavy (non-hydrogen) atoms. The molecule has 7 heteroatoms. The van der Waals surface area contributed by atoms with Crippen LogP contribution in [0.2, 0.25) is 0 Å². The first-order valence-electron chi connectivity index (χ1n) is 5.62. The molecule has 102 valence electrons. The predicted octanol–water partition coefficient (Wildman–Crippen LogP) is 2.26. The Hall–Kier alpha value is -1.50. The predicted molar refractivity (Wildman–Crippen MR) is 63.1 cm³/mol. The smallest absolute Gasteiger partial charge is 0.396 e.